The van der Waals surface area contributed by atoms with Crippen molar-refractivity contribution in [2.45, 2.75) is 13.8 Å². The van der Waals surface area contributed by atoms with E-state index in [1.807, 2.05) is 26.0 Å². The third-order valence-electron chi connectivity index (χ3n) is 2.54. The molecule has 1 N–H and O–H groups in total. The Morgan fingerprint density at radius 3 is 2.88 bits per heavy atom. The van der Waals surface area contributed by atoms with E-state index in [4.69, 9.17) is 16.9 Å². The van der Waals surface area contributed by atoms with Crippen LogP contribution in [0.3, 0.4) is 0 Å². The van der Waals surface area contributed by atoms with Gasteiger partial charge in [-0.1, -0.05) is 11.6 Å². The third kappa shape index (κ3) is 2.04. The second-order valence-corrected chi connectivity index (χ2v) is 4.24. The van der Waals surface area contributed by atoms with Gasteiger partial charge in [-0.25, -0.2) is 0 Å². The van der Waals surface area contributed by atoms with Gasteiger partial charge < -0.3 is 5.32 Å². The molecule has 0 unspecified atom stereocenters. The Labute approximate surface area is 105 Å². The van der Waals surface area contributed by atoms with Gasteiger partial charge in [-0.15, -0.1) is 0 Å². The normalized spacial score (nSPS) is 10.2. The maximum absolute atomic E-state index is 9.08. The van der Waals surface area contributed by atoms with E-state index in [2.05, 4.69) is 16.4 Å². The molecule has 0 fully saturated rings. The number of pyridine rings is 1. The van der Waals surface area contributed by atoms with Gasteiger partial charge in [0.2, 0.25) is 0 Å². The lowest BCUT2D eigenvalue weighted by Gasteiger charge is -2.11. The number of hydrogen-bond donors (Lipinski definition) is 1. The number of rotatable bonds is 2. The number of hydrogen-bond acceptors (Lipinski definition) is 3. The molecule has 0 radical (unpaired) electrons. The molecule has 1 aromatic heterocycles. The molecular formula is C13H12ClN3. The van der Waals surface area contributed by atoms with E-state index in [9.17, 15) is 0 Å². The monoisotopic (exact) mass is 245 g/mol. The smallest absolute Gasteiger partial charge is 0.103 e. The molecule has 0 bridgehead atoms. The molecule has 0 aliphatic heterocycles. The van der Waals surface area contributed by atoms with Crippen LogP contribution in [0.1, 0.15) is 18.1 Å². The van der Waals surface area contributed by atoms with Crippen LogP contribution in [0.2, 0.25) is 5.02 Å². The van der Waals surface area contributed by atoms with Crippen molar-refractivity contribution in [3.05, 3.63) is 34.5 Å². The van der Waals surface area contributed by atoms with Gasteiger partial charge in [0.25, 0.3) is 0 Å². The summed E-state index contributed by atoms with van der Waals surface area (Å²) >= 11 is 6.16. The lowest BCUT2D eigenvalue weighted by Crippen LogP contribution is -2.01. The van der Waals surface area contributed by atoms with Crippen molar-refractivity contribution in [1.29, 1.82) is 5.26 Å². The number of nitrogens with zero attached hydrogens (tertiary/aromatic N) is 2. The summed E-state index contributed by atoms with van der Waals surface area (Å²) in [5, 5.41) is 13.8. The van der Waals surface area contributed by atoms with Crippen LogP contribution in [0, 0.1) is 18.3 Å². The molecule has 1 heterocycles. The van der Waals surface area contributed by atoms with Gasteiger partial charge in [0.15, 0.2) is 0 Å². The highest BCUT2D eigenvalue weighted by atomic mass is 35.5. The Balaban J connectivity index is 2.84. The number of halogens is 1. The van der Waals surface area contributed by atoms with Gasteiger partial charge >= 0.3 is 0 Å². The number of nitrogens with one attached hydrogen (secondary N) is 1. The molecular weight excluding hydrogens is 234 g/mol. The lowest BCUT2D eigenvalue weighted by atomic mass is 10.1. The second kappa shape index (κ2) is 4.60. The van der Waals surface area contributed by atoms with Crippen LogP contribution in [-0.4, -0.2) is 11.5 Å². The van der Waals surface area contributed by atoms with Gasteiger partial charge in [-0.05, 0) is 31.5 Å². The minimum Gasteiger partial charge on any atom is -0.384 e. The molecule has 0 saturated carbocycles. The molecule has 0 amide bonds. The van der Waals surface area contributed by atoms with Crippen LogP contribution in [0.5, 0.6) is 0 Å². The summed E-state index contributed by atoms with van der Waals surface area (Å²) in [4.78, 5) is 4.24. The first kappa shape index (κ1) is 11.7. The fraction of sp³-hybridized carbons (Fsp3) is 0.231. The molecule has 1 aromatic carbocycles. The van der Waals surface area contributed by atoms with Crippen LogP contribution >= 0.6 is 11.6 Å². The number of benzene rings is 1. The van der Waals surface area contributed by atoms with Crippen molar-refractivity contribution >= 4 is 28.2 Å². The Hall–Kier alpha value is -1.79. The lowest BCUT2D eigenvalue weighted by molar-refractivity contribution is 1.21. The highest BCUT2D eigenvalue weighted by molar-refractivity contribution is 6.35. The van der Waals surface area contributed by atoms with Crippen molar-refractivity contribution in [2.75, 3.05) is 11.9 Å². The molecule has 0 aliphatic rings. The second-order valence-electron chi connectivity index (χ2n) is 3.83. The van der Waals surface area contributed by atoms with Crippen molar-refractivity contribution in [2.24, 2.45) is 0 Å². The van der Waals surface area contributed by atoms with Crippen molar-refractivity contribution < 1.29 is 0 Å². The van der Waals surface area contributed by atoms with Crippen molar-refractivity contribution in [3.63, 3.8) is 0 Å². The summed E-state index contributed by atoms with van der Waals surface area (Å²) < 4.78 is 0. The average molecular weight is 246 g/mol. The van der Waals surface area contributed by atoms with E-state index >= 15 is 0 Å². The maximum atomic E-state index is 9.08. The number of aryl methyl sites for hydroxylation is 1. The average Bonchev–Trinajstić information content (AvgIpc) is 2.30. The van der Waals surface area contributed by atoms with E-state index in [0.29, 0.717) is 10.6 Å². The largest absolute Gasteiger partial charge is 0.384 e. The number of anilines is 1. The predicted octanol–water partition coefficient (Wildman–Crippen LogP) is 3.50. The first-order valence-corrected chi connectivity index (χ1v) is 5.78. The summed E-state index contributed by atoms with van der Waals surface area (Å²) in [6, 6.07) is 6.01. The molecule has 0 saturated heterocycles. The van der Waals surface area contributed by atoms with E-state index in [1.54, 1.807) is 6.20 Å². The molecule has 0 spiro atoms. The van der Waals surface area contributed by atoms with E-state index in [1.165, 1.54) is 0 Å². The zero-order valence-corrected chi connectivity index (χ0v) is 10.5. The fourth-order valence-electron chi connectivity index (χ4n) is 1.85. The fourth-order valence-corrected chi connectivity index (χ4v) is 2.17. The summed E-state index contributed by atoms with van der Waals surface area (Å²) in [7, 11) is 0. The van der Waals surface area contributed by atoms with E-state index < -0.39 is 0 Å². The summed E-state index contributed by atoms with van der Waals surface area (Å²) in [5.41, 5.74) is 3.14. The van der Waals surface area contributed by atoms with Crippen LogP contribution in [-0.2, 0) is 0 Å². The van der Waals surface area contributed by atoms with Crippen molar-refractivity contribution in [1.82, 2.24) is 4.98 Å². The quantitative estimate of drug-likeness (QED) is 0.881. The van der Waals surface area contributed by atoms with Crippen molar-refractivity contribution in [3.8, 4) is 6.07 Å². The van der Waals surface area contributed by atoms with Gasteiger partial charge in [0.05, 0.1) is 21.8 Å². The predicted molar refractivity (Wildman–Crippen MR) is 70.4 cm³/mol. The molecule has 2 rings (SSSR count). The molecule has 0 aliphatic carbocycles. The van der Waals surface area contributed by atoms with Gasteiger partial charge in [-0.2, -0.15) is 5.26 Å². The van der Waals surface area contributed by atoms with E-state index in [0.717, 1.165) is 28.7 Å². The van der Waals surface area contributed by atoms with Gasteiger partial charge in [0, 0.05) is 18.1 Å². The number of aromatic nitrogens is 1. The Morgan fingerprint density at radius 2 is 2.24 bits per heavy atom. The van der Waals surface area contributed by atoms with E-state index in [-0.39, 0.29) is 0 Å². The Morgan fingerprint density at radius 1 is 1.47 bits per heavy atom. The topological polar surface area (TPSA) is 48.7 Å². The highest BCUT2D eigenvalue weighted by Gasteiger charge is 2.10. The summed E-state index contributed by atoms with van der Waals surface area (Å²) in [5.74, 6) is 0. The molecule has 2 aromatic rings. The SMILES string of the molecule is CCNc1c(C#N)cnc2c(Cl)cc(C)cc12. The number of fused-ring (bicyclic) bond motifs is 1. The van der Waals surface area contributed by atoms with Crippen LogP contribution < -0.4 is 5.32 Å². The molecule has 4 heteroatoms. The molecule has 17 heavy (non-hydrogen) atoms. The first-order valence-electron chi connectivity index (χ1n) is 5.40. The van der Waals surface area contributed by atoms with Crippen LogP contribution in [0.15, 0.2) is 18.3 Å². The van der Waals surface area contributed by atoms with Gasteiger partial charge in [0.1, 0.15) is 6.07 Å². The maximum Gasteiger partial charge on any atom is 0.103 e. The third-order valence-corrected chi connectivity index (χ3v) is 2.83. The van der Waals surface area contributed by atoms with Crippen LogP contribution in [0.4, 0.5) is 5.69 Å². The van der Waals surface area contributed by atoms with Crippen LogP contribution in [0.25, 0.3) is 10.9 Å². The highest BCUT2D eigenvalue weighted by Crippen LogP contribution is 2.31. The number of nitriles is 1. The zero-order chi connectivity index (χ0) is 12.4. The Bertz CT molecular complexity index is 614. The summed E-state index contributed by atoms with van der Waals surface area (Å²) in [6.45, 7) is 4.71. The molecule has 3 nitrogen and oxygen atoms in total. The molecule has 86 valence electrons. The minimum atomic E-state index is 0.543. The minimum absolute atomic E-state index is 0.543. The van der Waals surface area contributed by atoms with Gasteiger partial charge in [-0.3, -0.25) is 4.98 Å². The zero-order valence-electron chi connectivity index (χ0n) is 9.71. The summed E-state index contributed by atoms with van der Waals surface area (Å²) in [6.07, 6.45) is 1.56. The Kier molecular flexibility index (Phi) is 3.16. The molecule has 0 atom stereocenters. The first-order chi connectivity index (χ1) is 8.17. The standard InChI is InChI=1S/C13H12ClN3/c1-3-16-12-9(6-15)7-17-13-10(12)4-8(2)5-11(13)14/h4-5,7H,3H2,1-2H3,(H,16,17).